The van der Waals surface area contributed by atoms with Crippen LogP contribution in [0.1, 0.15) is 15.9 Å². The molecular formula is C13H10BrFN2O. The summed E-state index contributed by atoms with van der Waals surface area (Å²) in [6.45, 7) is 1.82. The molecule has 0 bridgehead atoms. The summed E-state index contributed by atoms with van der Waals surface area (Å²) in [5.41, 5.74) is 1.45. The SMILES string of the molecule is Cc1cnccc1NC(=O)c1ccc(Br)cc1F. The van der Waals surface area contributed by atoms with E-state index in [1.165, 1.54) is 12.1 Å². The van der Waals surface area contributed by atoms with Gasteiger partial charge in [0.1, 0.15) is 5.82 Å². The maximum absolute atomic E-state index is 13.6. The Kier molecular flexibility index (Phi) is 3.72. The van der Waals surface area contributed by atoms with Crippen molar-refractivity contribution in [1.82, 2.24) is 4.98 Å². The third-order valence-corrected chi connectivity index (χ3v) is 2.94. The van der Waals surface area contributed by atoms with Crippen LogP contribution in [-0.4, -0.2) is 10.9 Å². The standard InChI is InChI=1S/C13H10BrFN2O/c1-8-7-16-5-4-12(8)17-13(18)10-3-2-9(14)6-11(10)15/h2-7H,1H3,(H,16,17,18). The van der Waals surface area contributed by atoms with Crippen LogP contribution in [0.3, 0.4) is 0 Å². The second-order valence-electron chi connectivity index (χ2n) is 3.77. The maximum atomic E-state index is 13.6. The number of anilines is 1. The van der Waals surface area contributed by atoms with Gasteiger partial charge in [0, 0.05) is 22.6 Å². The molecule has 92 valence electrons. The van der Waals surface area contributed by atoms with Crippen molar-refractivity contribution in [2.75, 3.05) is 5.32 Å². The molecule has 0 aliphatic heterocycles. The summed E-state index contributed by atoms with van der Waals surface area (Å²) in [5, 5.41) is 2.65. The number of amides is 1. The van der Waals surface area contributed by atoms with E-state index in [1.807, 2.05) is 6.92 Å². The Balaban J connectivity index is 2.25. The third-order valence-electron chi connectivity index (χ3n) is 2.44. The molecule has 1 aromatic heterocycles. The number of hydrogen-bond donors (Lipinski definition) is 1. The fraction of sp³-hybridized carbons (Fsp3) is 0.0769. The molecule has 1 amide bonds. The number of hydrogen-bond acceptors (Lipinski definition) is 2. The van der Waals surface area contributed by atoms with Gasteiger partial charge >= 0.3 is 0 Å². The van der Waals surface area contributed by atoms with Crippen molar-refractivity contribution >= 4 is 27.5 Å². The molecule has 0 radical (unpaired) electrons. The van der Waals surface area contributed by atoms with Crippen molar-refractivity contribution in [2.45, 2.75) is 6.92 Å². The van der Waals surface area contributed by atoms with Crippen LogP contribution in [0.5, 0.6) is 0 Å². The number of carbonyl (C=O) groups excluding carboxylic acids is 1. The average Bonchev–Trinajstić information content (AvgIpc) is 2.32. The second-order valence-corrected chi connectivity index (χ2v) is 4.68. The quantitative estimate of drug-likeness (QED) is 0.922. The third kappa shape index (κ3) is 2.73. The van der Waals surface area contributed by atoms with E-state index in [0.29, 0.717) is 10.2 Å². The fourth-order valence-corrected chi connectivity index (χ4v) is 1.81. The van der Waals surface area contributed by atoms with Crippen LogP contribution in [0.2, 0.25) is 0 Å². The predicted molar refractivity (Wildman–Crippen MR) is 71.0 cm³/mol. The van der Waals surface area contributed by atoms with Crippen LogP contribution in [0.4, 0.5) is 10.1 Å². The maximum Gasteiger partial charge on any atom is 0.258 e. The smallest absolute Gasteiger partial charge is 0.258 e. The highest BCUT2D eigenvalue weighted by molar-refractivity contribution is 9.10. The molecule has 18 heavy (non-hydrogen) atoms. The molecule has 0 fully saturated rings. The van der Waals surface area contributed by atoms with Gasteiger partial charge in [0.05, 0.1) is 5.56 Å². The summed E-state index contributed by atoms with van der Waals surface area (Å²) >= 11 is 3.14. The van der Waals surface area contributed by atoms with Crippen molar-refractivity contribution in [2.24, 2.45) is 0 Å². The Morgan fingerprint density at radius 2 is 2.17 bits per heavy atom. The first-order valence-electron chi connectivity index (χ1n) is 5.25. The van der Waals surface area contributed by atoms with Gasteiger partial charge in [-0.15, -0.1) is 0 Å². The van der Waals surface area contributed by atoms with Crippen LogP contribution >= 0.6 is 15.9 Å². The van der Waals surface area contributed by atoms with E-state index >= 15 is 0 Å². The molecule has 0 aliphatic rings. The number of pyridine rings is 1. The number of aryl methyl sites for hydroxylation is 1. The van der Waals surface area contributed by atoms with Gasteiger partial charge in [-0.3, -0.25) is 9.78 Å². The van der Waals surface area contributed by atoms with Crippen LogP contribution in [0.25, 0.3) is 0 Å². The number of halogens is 2. The van der Waals surface area contributed by atoms with E-state index in [2.05, 4.69) is 26.2 Å². The second kappa shape index (κ2) is 5.27. The minimum atomic E-state index is -0.561. The molecule has 0 aliphatic carbocycles. The van der Waals surface area contributed by atoms with E-state index in [9.17, 15) is 9.18 Å². The van der Waals surface area contributed by atoms with Gasteiger partial charge in [0.2, 0.25) is 0 Å². The monoisotopic (exact) mass is 308 g/mol. The molecular weight excluding hydrogens is 299 g/mol. The highest BCUT2D eigenvalue weighted by atomic mass is 79.9. The fourth-order valence-electron chi connectivity index (χ4n) is 1.48. The van der Waals surface area contributed by atoms with Crippen molar-refractivity contribution in [3.8, 4) is 0 Å². The first-order valence-corrected chi connectivity index (χ1v) is 6.04. The Labute approximate surface area is 112 Å². The first kappa shape index (κ1) is 12.7. The summed E-state index contributed by atoms with van der Waals surface area (Å²) < 4.78 is 14.2. The largest absolute Gasteiger partial charge is 0.322 e. The van der Waals surface area contributed by atoms with Crippen molar-refractivity contribution in [3.05, 3.63) is 58.1 Å². The summed E-state index contributed by atoms with van der Waals surface area (Å²) in [4.78, 5) is 15.8. The lowest BCUT2D eigenvalue weighted by atomic mass is 10.2. The minimum Gasteiger partial charge on any atom is -0.322 e. The van der Waals surface area contributed by atoms with Crippen molar-refractivity contribution in [1.29, 1.82) is 0 Å². The summed E-state index contributed by atoms with van der Waals surface area (Å²) in [6.07, 6.45) is 3.20. The van der Waals surface area contributed by atoms with E-state index in [0.717, 1.165) is 5.56 Å². The van der Waals surface area contributed by atoms with Crippen molar-refractivity contribution < 1.29 is 9.18 Å². The number of nitrogens with zero attached hydrogens (tertiary/aromatic N) is 1. The number of rotatable bonds is 2. The van der Waals surface area contributed by atoms with Crippen molar-refractivity contribution in [3.63, 3.8) is 0 Å². The molecule has 0 saturated carbocycles. The van der Waals surface area contributed by atoms with E-state index in [4.69, 9.17) is 0 Å². The zero-order valence-electron chi connectivity index (χ0n) is 9.58. The number of nitrogens with one attached hydrogen (secondary N) is 1. The Morgan fingerprint density at radius 3 is 2.83 bits per heavy atom. The van der Waals surface area contributed by atoms with Crippen LogP contribution in [0, 0.1) is 12.7 Å². The highest BCUT2D eigenvalue weighted by Crippen LogP contribution is 2.18. The molecule has 3 nitrogen and oxygen atoms in total. The average molecular weight is 309 g/mol. The van der Waals surface area contributed by atoms with Gasteiger partial charge in [-0.1, -0.05) is 15.9 Å². The predicted octanol–water partition coefficient (Wildman–Crippen LogP) is 3.54. The molecule has 0 spiro atoms. The van der Waals surface area contributed by atoms with Gasteiger partial charge in [-0.25, -0.2) is 4.39 Å². The number of benzene rings is 1. The van der Waals surface area contributed by atoms with E-state index in [1.54, 1.807) is 24.5 Å². The van der Waals surface area contributed by atoms with Gasteiger partial charge in [0.25, 0.3) is 5.91 Å². The van der Waals surface area contributed by atoms with Gasteiger partial charge in [-0.2, -0.15) is 0 Å². The van der Waals surface area contributed by atoms with E-state index in [-0.39, 0.29) is 5.56 Å². The molecule has 1 N–H and O–H groups in total. The molecule has 2 rings (SSSR count). The number of carbonyl (C=O) groups is 1. The molecule has 2 aromatic rings. The summed E-state index contributed by atoms with van der Waals surface area (Å²) in [5.74, 6) is -1.04. The normalized spacial score (nSPS) is 10.2. The lowest BCUT2D eigenvalue weighted by Gasteiger charge is -2.08. The van der Waals surface area contributed by atoms with Crippen LogP contribution < -0.4 is 5.32 Å². The lowest BCUT2D eigenvalue weighted by molar-refractivity contribution is 0.102. The zero-order valence-corrected chi connectivity index (χ0v) is 11.2. The minimum absolute atomic E-state index is 0.00872. The molecule has 1 aromatic carbocycles. The van der Waals surface area contributed by atoms with Crippen LogP contribution in [-0.2, 0) is 0 Å². The Hall–Kier alpha value is -1.75. The molecule has 0 unspecified atom stereocenters. The van der Waals surface area contributed by atoms with E-state index < -0.39 is 11.7 Å². The first-order chi connectivity index (χ1) is 8.58. The Bertz CT molecular complexity index is 601. The topological polar surface area (TPSA) is 42.0 Å². The molecule has 0 saturated heterocycles. The van der Waals surface area contributed by atoms with Gasteiger partial charge in [-0.05, 0) is 36.8 Å². The summed E-state index contributed by atoms with van der Waals surface area (Å²) in [7, 11) is 0. The van der Waals surface area contributed by atoms with Crippen LogP contribution in [0.15, 0.2) is 41.1 Å². The Morgan fingerprint density at radius 1 is 1.39 bits per heavy atom. The highest BCUT2D eigenvalue weighted by Gasteiger charge is 2.12. The molecule has 0 atom stereocenters. The molecule has 1 heterocycles. The number of aromatic nitrogens is 1. The lowest BCUT2D eigenvalue weighted by Crippen LogP contribution is -2.14. The van der Waals surface area contributed by atoms with Gasteiger partial charge < -0.3 is 5.32 Å². The van der Waals surface area contributed by atoms with Gasteiger partial charge in [0.15, 0.2) is 0 Å². The molecule has 5 heteroatoms. The zero-order chi connectivity index (χ0) is 13.1. The summed E-state index contributed by atoms with van der Waals surface area (Å²) in [6, 6.07) is 5.99.